The number of hydrogen-bond donors (Lipinski definition) is 1. The highest BCUT2D eigenvalue weighted by Crippen LogP contribution is 2.10. The Labute approximate surface area is 111 Å². The maximum absolute atomic E-state index is 11.5. The summed E-state index contributed by atoms with van der Waals surface area (Å²) in [7, 11) is 1.92. The van der Waals surface area contributed by atoms with Gasteiger partial charge in [-0.1, -0.05) is 6.92 Å². The molecule has 0 aliphatic heterocycles. The van der Waals surface area contributed by atoms with E-state index in [1.807, 2.05) is 31.1 Å². The molecule has 1 aromatic heterocycles. The number of carbonyl (C=O) groups is 1. The van der Waals surface area contributed by atoms with Crippen molar-refractivity contribution in [2.24, 2.45) is 0 Å². The van der Waals surface area contributed by atoms with Crippen LogP contribution in [0.1, 0.15) is 18.9 Å². The van der Waals surface area contributed by atoms with Gasteiger partial charge in [-0.3, -0.25) is 14.7 Å². The van der Waals surface area contributed by atoms with Crippen molar-refractivity contribution in [2.45, 2.75) is 19.9 Å². The third-order valence-corrected chi connectivity index (χ3v) is 2.63. The minimum Gasteiger partial charge on any atom is -0.355 e. The van der Waals surface area contributed by atoms with Crippen molar-refractivity contribution >= 4 is 21.8 Å². The number of pyridine rings is 1. The summed E-state index contributed by atoms with van der Waals surface area (Å²) in [5.41, 5.74) is 1.09. The lowest BCUT2D eigenvalue weighted by Gasteiger charge is -2.16. The molecule has 0 bridgehead atoms. The predicted octanol–water partition coefficient (Wildman–Crippen LogP) is 1.80. The van der Waals surface area contributed by atoms with E-state index in [4.69, 9.17) is 0 Å². The summed E-state index contributed by atoms with van der Waals surface area (Å²) in [6.45, 7) is 3.90. The van der Waals surface area contributed by atoms with Gasteiger partial charge >= 0.3 is 0 Å². The first-order valence-electron chi connectivity index (χ1n) is 5.66. The largest absolute Gasteiger partial charge is 0.355 e. The second-order valence-corrected chi connectivity index (χ2v) is 4.95. The maximum Gasteiger partial charge on any atom is 0.234 e. The number of likely N-dealkylation sites (N-methyl/N-ethyl adjacent to an activating group) is 1. The monoisotopic (exact) mass is 299 g/mol. The molecular formula is C12H18BrN3O. The zero-order chi connectivity index (χ0) is 12.7. The lowest BCUT2D eigenvalue weighted by atomic mass is 10.2. The summed E-state index contributed by atoms with van der Waals surface area (Å²) in [5, 5.41) is 2.85. The number of halogens is 1. The van der Waals surface area contributed by atoms with Crippen LogP contribution in [0.5, 0.6) is 0 Å². The highest BCUT2D eigenvalue weighted by atomic mass is 79.9. The molecule has 1 amide bonds. The molecule has 94 valence electrons. The molecule has 0 aromatic carbocycles. The van der Waals surface area contributed by atoms with Crippen molar-refractivity contribution in [2.75, 3.05) is 20.1 Å². The molecule has 0 unspecified atom stereocenters. The normalized spacial score (nSPS) is 10.6. The Hall–Kier alpha value is -0.940. The van der Waals surface area contributed by atoms with Crippen molar-refractivity contribution in [1.82, 2.24) is 15.2 Å². The third kappa shape index (κ3) is 5.79. The van der Waals surface area contributed by atoms with Crippen LogP contribution in [-0.2, 0) is 11.3 Å². The van der Waals surface area contributed by atoms with Crippen molar-refractivity contribution in [3.05, 3.63) is 28.5 Å². The van der Waals surface area contributed by atoms with Crippen LogP contribution in [-0.4, -0.2) is 35.9 Å². The van der Waals surface area contributed by atoms with Crippen LogP contribution in [0.2, 0.25) is 0 Å². The number of nitrogens with zero attached hydrogens (tertiary/aromatic N) is 2. The van der Waals surface area contributed by atoms with Gasteiger partial charge in [0, 0.05) is 30.0 Å². The van der Waals surface area contributed by atoms with E-state index in [0.717, 1.165) is 23.0 Å². The Balaban J connectivity index is 2.39. The smallest absolute Gasteiger partial charge is 0.234 e. The van der Waals surface area contributed by atoms with E-state index >= 15 is 0 Å². The van der Waals surface area contributed by atoms with Crippen LogP contribution < -0.4 is 5.32 Å². The van der Waals surface area contributed by atoms with Crippen LogP contribution in [0.4, 0.5) is 0 Å². The number of hydrogen-bond acceptors (Lipinski definition) is 3. The highest BCUT2D eigenvalue weighted by Gasteiger charge is 2.06. The molecule has 1 aromatic rings. The second kappa shape index (κ2) is 7.40. The van der Waals surface area contributed by atoms with Crippen LogP contribution in [0.3, 0.4) is 0 Å². The molecule has 1 N–H and O–H groups in total. The Bertz CT molecular complexity index is 371. The van der Waals surface area contributed by atoms with Gasteiger partial charge in [-0.15, -0.1) is 0 Å². The van der Waals surface area contributed by atoms with Gasteiger partial charge in [-0.05, 0) is 41.0 Å². The average molecular weight is 300 g/mol. The van der Waals surface area contributed by atoms with Crippen LogP contribution in [0.15, 0.2) is 22.9 Å². The van der Waals surface area contributed by atoms with E-state index in [1.54, 1.807) is 6.20 Å². The fraction of sp³-hybridized carbons (Fsp3) is 0.500. The molecule has 0 spiro atoms. The van der Waals surface area contributed by atoms with E-state index in [-0.39, 0.29) is 5.91 Å². The van der Waals surface area contributed by atoms with E-state index in [1.165, 1.54) is 0 Å². The van der Waals surface area contributed by atoms with Gasteiger partial charge in [0.1, 0.15) is 0 Å². The summed E-state index contributed by atoms with van der Waals surface area (Å²) in [5.74, 6) is 0.0669. The SMILES string of the molecule is CCCNC(=O)CN(C)Cc1cncc(Br)c1. The molecule has 0 saturated carbocycles. The molecule has 0 fully saturated rings. The predicted molar refractivity (Wildman–Crippen MR) is 71.6 cm³/mol. The van der Waals surface area contributed by atoms with Crippen LogP contribution in [0, 0.1) is 0 Å². The summed E-state index contributed by atoms with van der Waals surface area (Å²) in [6.07, 6.45) is 4.52. The van der Waals surface area contributed by atoms with Crippen LogP contribution >= 0.6 is 15.9 Å². The lowest BCUT2D eigenvalue weighted by Crippen LogP contribution is -2.35. The van der Waals surface area contributed by atoms with Crippen molar-refractivity contribution in [3.8, 4) is 0 Å². The molecule has 17 heavy (non-hydrogen) atoms. The Morgan fingerprint density at radius 1 is 1.53 bits per heavy atom. The molecule has 5 heteroatoms. The van der Waals surface area contributed by atoms with Crippen molar-refractivity contribution in [1.29, 1.82) is 0 Å². The summed E-state index contributed by atoms with van der Waals surface area (Å²) in [6, 6.07) is 2.01. The molecule has 0 radical (unpaired) electrons. The second-order valence-electron chi connectivity index (χ2n) is 4.03. The van der Waals surface area contributed by atoms with Crippen molar-refractivity contribution < 1.29 is 4.79 Å². The van der Waals surface area contributed by atoms with Gasteiger partial charge in [0.15, 0.2) is 0 Å². The number of amides is 1. The molecule has 1 rings (SSSR count). The quantitative estimate of drug-likeness (QED) is 0.871. The Morgan fingerprint density at radius 3 is 2.94 bits per heavy atom. The van der Waals surface area contributed by atoms with Gasteiger partial charge in [0.2, 0.25) is 5.91 Å². The Kier molecular flexibility index (Phi) is 6.15. The molecular weight excluding hydrogens is 282 g/mol. The van der Waals surface area contributed by atoms with E-state index in [9.17, 15) is 4.79 Å². The van der Waals surface area contributed by atoms with E-state index < -0.39 is 0 Å². The number of rotatable bonds is 6. The molecule has 0 atom stereocenters. The minimum atomic E-state index is 0.0669. The highest BCUT2D eigenvalue weighted by molar-refractivity contribution is 9.10. The summed E-state index contributed by atoms with van der Waals surface area (Å²) >= 11 is 3.38. The molecule has 0 aliphatic rings. The van der Waals surface area contributed by atoms with E-state index in [2.05, 4.69) is 26.2 Å². The topological polar surface area (TPSA) is 45.2 Å². The standard InChI is InChI=1S/C12H18BrN3O/c1-3-4-15-12(17)9-16(2)8-10-5-11(13)7-14-6-10/h5-7H,3-4,8-9H2,1-2H3,(H,15,17). The molecule has 0 saturated heterocycles. The fourth-order valence-electron chi connectivity index (χ4n) is 1.48. The third-order valence-electron chi connectivity index (χ3n) is 2.20. The zero-order valence-electron chi connectivity index (χ0n) is 10.2. The number of nitrogens with one attached hydrogen (secondary N) is 1. The van der Waals surface area contributed by atoms with E-state index in [0.29, 0.717) is 13.1 Å². The molecule has 4 nitrogen and oxygen atoms in total. The maximum atomic E-state index is 11.5. The van der Waals surface area contributed by atoms with Gasteiger partial charge < -0.3 is 5.32 Å². The zero-order valence-corrected chi connectivity index (χ0v) is 11.8. The summed E-state index contributed by atoms with van der Waals surface area (Å²) in [4.78, 5) is 17.6. The van der Waals surface area contributed by atoms with Gasteiger partial charge in [0.25, 0.3) is 0 Å². The lowest BCUT2D eigenvalue weighted by molar-refractivity contribution is -0.122. The average Bonchev–Trinajstić information content (AvgIpc) is 2.26. The van der Waals surface area contributed by atoms with Crippen molar-refractivity contribution in [3.63, 3.8) is 0 Å². The molecule has 0 aliphatic carbocycles. The molecule has 1 heterocycles. The first kappa shape index (κ1) is 14.1. The number of aromatic nitrogens is 1. The summed E-state index contributed by atoms with van der Waals surface area (Å²) < 4.78 is 0.957. The van der Waals surface area contributed by atoms with Crippen LogP contribution in [0.25, 0.3) is 0 Å². The fourth-order valence-corrected chi connectivity index (χ4v) is 1.89. The van der Waals surface area contributed by atoms with Gasteiger partial charge in [-0.25, -0.2) is 0 Å². The number of carbonyl (C=O) groups excluding carboxylic acids is 1. The first-order valence-corrected chi connectivity index (χ1v) is 6.45. The minimum absolute atomic E-state index is 0.0669. The van der Waals surface area contributed by atoms with Gasteiger partial charge in [-0.2, -0.15) is 0 Å². The van der Waals surface area contributed by atoms with Gasteiger partial charge in [0.05, 0.1) is 6.54 Å². The first-order chi connectivity index (χ1) is 8.11. The Morgan fingerprint density at radius 2 is 2.29 bits per heavy atom.